The van der Waals surface area contributed by atoms with Crippen molar-refractivity contribution in [1.82, 2.24) is 5.32 Å². The van der Waals surface area contributed by atoms with Gasteiger partial charge in [-0.15, -0.1) is 0 Å². The van der Waals surface area contributed by atoms with E-state index >= 15 is 0 Å². The Morgan fingerprint density at radius 2 is 1.95 bits per heavy atom. The lowest BCUT2D eigenvalue weighted by Gasteiger charge is -2.23. The highest BCUT2D eigenvalue weighted by Gasteiger charge is 2.17. The lowest BCUT2D eigenvalue weighted by atomic mass is 9.96. The topological polar surface area (TPSA) is 67.4 Å². The molecule has 0 radical (unpaired) electrons. The summed E-state index contributed by atoms with van der Waals surface area (Å²) in [6, 6.07) is 5.08. The molecule has 1 saturated carbocycles. The highest BCUT2D eigenvalue weighted by atomic mass is 16.5. The van der Waals surface area contributed by atoms with Crippen LogP contribution in [0.25, 0.3) is 0 Å². The summed E-state index contributed by atoms with van der Waals surface area (Å²) >= 11 is 0. The molecule has 0 heterocycles. The van der Waals surface area contributed by atoms with Crippen LogP contribution in [0.15, 0.2) is 18.2 Å². The second-order valence-electron chi connectivity index (χ2n) is 5.63. The second kappa shape index (κ2) is 7.82. The van der Waals surface area contributed by atoms with Crippen LogP contribution in [0.4, 0.5) is 10.5 Å². The maximum absolute atomic E-state index is 12.2. The molecule has 1 aliphatic rings. The Hall–Kier alpha value is -2.04. The van der Waals surface area contributed by atoms with Crippen molar-refractivity contribution < 1.29 is 14.3 Å². The first kappa shape index (κ1) is 16.3. The van der Waals surface area contributed by atoms with E-state index in [2.05, 4.69) is 10.6 Å². The molecule has 2 N–H and O–H groups in total. The van der Waals surface area contributed by atoms with E-state index in [1.165, 1.54) is 13.3 Å². The zero-order chi connectivity index (χ0) is 15.9. The predicted molar refractivity (Wildman–Crippen MR) is 86.6 cm³/mol. The molecule has 1 aromatic rings. The van der Waals surface area contributed by atoms with Crippen LogP contribution in [-0.4, -0.2) is 24.5 Å². The Morgan fingerprint density at radius 1 is 1.23 bits per heavy atom. The number of ether oxygens (including phenoxy) is 1. The number of urea groups is 1. The minimum absolute atomic E-state index is 0.0428. The Bertz CT molecular complexity index is 537. The largest absolute Gasteiger partial charge is 0.492 e. The van der Waals surface area contributed by atoms with Crippen molar-refractivity contribution in [2.75, 3.05) is 11.9 Å². The summed E-state index contributed by atoms with van der Waals surface area (Å²) < 4.78 is 5.51. The first-order valence-corrected chi connectivity index (χ1v) is 7.95. The molecule has 120 valence electrons. The maximum atomic E-state index is 12.2. The monoisotopic (exact) mass is 304 g/mol. The highest BCUT2D eigenvalue weighted by Crippen LogP contribution is 2.26. The van der Waals surface area contributed by atoms with Gasteiger partial charge in [0, 0.05) is 11.6 Å². The van der Waals surface area contributed by atoms with Gasteiger partial charge in [-0.2, -0.15) is 0 Å². The smallest absolute Gasteiger partial charge is 0.319 e. The molecule has 22 heavy (non-hydrogen) atoms. The number of ketones is 1. The first-order valence-electron chi connectivity index (χ1n) is 7.95. The fourth-order valence-electron chi connectivity index (χ4n) is 2.72. The van der Waals surface area contributed by atoms with E-state index in [1.54, 1.807) is 18.2 Å². The van der Waals surface area contributed by atoms with Crippen LogP contribution in [0.3, 0.4) is 0 Å². The quantitative estimate of drug-likeness (QED) is 0.814. The van der Waals surface area contributed by atoms with Gasteiger partial charge < -0.3 is 15.4 Å². The van der Waals surface area contributed by atoms with Crippen molar-refractivity contribution in [2.45, 2.75) is 52.0 Å². The summed E-state index contributed by atoms with van der Waals surface area (Å²) in [5, 5.41) is 5.81. The van der Waals surface area contributed by atoms with E-state index in [-0.39, 0.29) is 17.9 Å². The van der Waals surface area contributed by atoms with Crippen LogP contribution < -0.4 is 15.4 Å². The third kappa shape index (κ3) is 4.48. The van der Waals surface area contributed by atoms with Gasteiger partial charge in [-0.1, -0.05) is 19.3 Å². The van der Waals surface area contributed by atoms with Crippen molar-refractivity contribution in [1.29, 1.82) is 0 Å². The molecular formula is C17H24N2O3. The van der Waals surface area contributed by atoms with Crippen molar-refractivity contribution in [3.8, 4) is 5.75 Å². The number of benzene rings is 1. The third-order valence-corrected chi connectivity index (χ3v) is 3.87. The van der Waals surface area contributed by atoms with Crippen LogP contribution in [0.5, 0.6) is 5.75 Å². The van der Waals surface area contributed by atoms with Gasteiger partial charge in [-0.05, 0) is 44.9 Å². The fraction of sp³-hybridized carbons (Fsp3) is 0.529. The molecule has 2 amide bonds. The molecule has 0 atom stereocenters. The lowest BCUT2D eigenvalue weighted by molar-refractivity contribution is 0.101. The second-order valence-corrected chi connectivity index (χ2v) is 5.63. The molecule has 1 aliphatic carbocycles. The summed E-state index contributed by atoms with van der Waals surface area (Å²) in [6.07, 6.45) is 5.62. The van der Waals surface area contributed by atoms with Gasteiger partial charge in [0.1, 0.15) is 5.75 Å². The van der Waals surface area contributed by atoms with Crippen molar-refractivity contribution in [3.63, 3.8) is 0 Å². The molecule has 1 aromatic carbocycles. The number of carbonyl (C=O) groups excluding carboxylic acids is 2. The van der Waals surface area contributed by atoms with Crippen LogP contribution in [-0.2, 0) is 0 Å². The third-order valence-electron chi connectivity index (χ3n) is 3.87. The molecule has 5 heteroatoms. The average molecular weight is 304 g/mol. The number of amides is 2. The summed E-state index contributed by atoms with van der Waals surface area (Å²) in [5.74, 6) is 0.532. The van der Waals surface area contributed by atoms with E-state index in [4.69, 9.17) is 4.74 Å². The molecular weight excluding hydrogens is 280 g/mol. The van der Waals surface area contributed by atoms with Crippen molar-refractivity contribution >= 4 is 17.5 Å². The van der Waals surface area contributed by atoms with Gasteiger partial charge in [-0.25, -0.2) is 4.79 Å². The SMILES string of the molecule is CCOc1ccc(C(C)=O)cc1NC(=O)NC1CCCCC1. The normalized spacial score (nSPS) is 15.2. The highest BCUT2D eigenvalue weighted by molar-refractivity contribution is 5.98. The van der Waals surface area contributed by atoms with Gasteiger partial charge in [0.05, 0.1) is 12.3 Å². The standard InChI is InChI=1S/C17H24N2O3/c1-3-22-16-10-9-13(12(2)20)11-15(16)19-17(21)18-14-7-5-4-6-8-14/h9-11,14H,3-8H2,1-2H3,(H2,18,19,21). The molecule has 0 aliphatic heterocycles. The minimum Gasteiger partial charge on any atom is -0.492 e. The van der Waals surface area contributed by atoms with E-state index in [0.717, 1.165) is 25.7 Å². The number of carbonyl (C=O) groups is 2. The summed E-state index contributed by atoms with van der Waals surface area (Å²) in [7, 11) is 0. The van der Waals surface area contributed by atoms with Crippen molar-refractivity contribution in [2.24, 2.45) is 0 Å². The molecule has 5 nitrogen and oxygen atoms in total. The Balaban J connectivity index is 2.06. The van der Waals surface area contributed by atoms with Gasteiger partial charge in [0.2, 0.25) is 0 Å². The zero-order valence-corrected chi connectivity index (χ0v) is 13.3. The van der Waals surface area contributed by atoms with Crippen molar-refractivity contribution in [3.05, 3.63) is 23.8 Å². The van der Waals surface area contributed by atoms with Crippen LogP contribution in [0.2, 0.25) is 0 Å². The number of hydrogen-bond donors (Lipinski definition) is 2. The molecule has 0 saturated heterocycles. The van der Waals surface area contributed by atoms with Gasteiger partial charge >= 0.3 is 6.03 Å². The van der Waals surface area contributed by atoms with E-state index < -0.39 is 0 Å². The average Bonchev–Trinajstić information content (AvgIpc) is 2.50. The molecule has 1 fully saturated rings. The Morgan fingerprint density at radius 3 is 2.59 bits per heavy atom. The molecule has 0 spiro atoms. The number of nitrogens with one attached hydrogen (secondary N) is 2. The molecule has 2 rings (SSSR count). The van der Waals surface area contributed by atoms with Crippen LogP contribution in [0, 0.1) is 0 Å². The van der Waals surface area contributed by atoms with E-state index in [0.29, 0.717) is 23.6 Å². The maximum Gasteiger partial charge on any atom is 0.319 e. The lowest BCUT2D eigenvalue weighted by Crippen LogP contribution is -2.39. The number of hydrogen-bond acceptors (Lipinski definition) is 3. The van der Waals surface area contributed by atoms with E-state index in [9.17, 15) is 9.59 Å². The minimum atomic E-state index is -0.242. The molecule has 0 bridgehead atoms. The number of rotatable bonds is 5. The summed E-state index contributed by atoms with van der Waals surface area (Å²) in [6.45, 7) is 3.88. The van der Waals surface area contributed by atoms with Gasteiger partial charge in [0.25, 0.3) is 0 Å². The van der Waals surface area contributed by atoms with E-state index in [1.807, 2.05) is 6.92 Å². The van der Waals surface area contributed by atoms with Crippen LogP contribution in [0.1, 0.15) is 56.3 Å². The number of anilines is 1. The van der Waals surface area contributed by atoms with Gasteiger partial charge in [-0.3, -0.25) is 4.79 Å². The first-order chi connectivity index (χ1) is 10.6. The number of Topliss-reactive ketones (excluding diaryl/α,β-unsaturated/α-hetero) is 1. The van der Waals surface area contributed by atoms with Crippen LogP contribution >= 0.6 is 0 Å². The molecule has 0 unspecified atom stereocenters. The molecule has 0 aromatic heterocycles. The summed E-state index contributed by atoms with van der Waals surface area (Å²) in [4.78, 5) is 23.7. The Labute approximate surface area is 131 Å². The predicted octanol–water partition coefficient (Wildman–Crippen LogP) is 3.74. The summed E-state index contributed by atoms with van der Waals surface area (Å²) in [5.41, 5.74) is 1.08. The fourth-order valence-corrected chi connectivity index (χ4v) is 2.72. The Kier molecular flexibility index (Phi) is 5.81. The van der Waals surface area contributed by atoms with Gasteiger partial charge in [0.15, 0.2) is 5.78 Å². The zero-order valence-electron chi connectivity index (χ0n) is 13.3.